The zero-order valence-corrected chi connectivity index (χ0v) is 17.4. The van der Waals surface area contributed by atoms with Crippen LogP contribution in [0.4, 0.5) is 19.0 Å². The lowest BCUT2D eigenvalue weighted by Crippen LogP contribution is -2.39. The van der Waals surface area contributed by atoms with Gasteiger partial charge < -0.3 is 14.9 Å². The van der Waals surface area contributed by atoms with E-state index < -0.39 is 32.9 Å². The summed E-state index contributed by atoms with van der Waals surface area (Å²) in [5, 5.41) is 4.22. The smallest absolute Gasteiger partial charge is 0.489 e. The van der Waals surface area contributed by atoms with Crippen LogP contribution < -0.4 is 14.5 Å². The molecule has 2 aromatic rings. The summed E-state index contributed by atoms with van der Waals surface area (Å²) in [6.45, 7) is 1.53. The third kappa shape index (κ3) is 5.14. The van der Waals surface area contributed by atoms with Crippen LogP contribution >= 0.6 is 22.9 Å². The van der Waals surface area contributed by atoms with Crippen molar-refractivity contribution >= 4 is 44.7 Å². The molecule has 0 bridgehead atoms. The molecule has 30 heavy (non-hydrogen) atoms. The number of hydrogen-bond donors (Lipinski definition) is 1. The van der Waals surface area contributed by atoms with E-state index in [0.29, 0.717) is 0 Å². The number of carbonyl (C=O) groups is 1. The fourth-order valence-electron chi connectivity index (χ4n) is 2.57. The Labute approximate surface area is 178 Å². The molecule has 14 heteroatoms. The number of benzene rings is 1. The standard InChI is InChI=1S/C16H15ClF3N3O5S2/c17-12-7-11(1-2-13(12)27-10-3-5-21-6-4-10)30(25,26)23(14-8-29-9-22-14)28-15(24)16(18,19)20/h1-2,7-10,21H,3-6H2. The van der Waals surface area contributed by atoms with Gasteiger partial charge in [0.2, 0.25) is 0 Å². The van der Waals surface area contributed by atoms with E-state index in [4.69, 9.17) is 16.3 Å². The van der Waals surface area contributed by atoms with Crippen LogP contribution in [0.5, 0.6) is 5.75 Å². The lowest BCUT2D eigenvalue weighted by Gasteiger charge is -2.25. The highest BCUT2D eigenvalue weighted by Gasteiger charge is 2.45. The van der Waals surface area contributed by atoms with E-state index >= 15 is 0 Å². The molecule has 0 aliphatic carbocycles. The van der Waals surface area contributed by atoms with Crippen molar-refractivity contribution in [3.05, 3.63) is 34.1 Å². The molecule has 0 saturated carbocycles. The minimum atomic E-state index is -5.41. The maximum Gasteiger partial charge on any atom is 0.493 e. The van der Waals surface area contributed by atoms with Crippen molar-refractivity contribution in [2.45, 2.75) is 30.0 Å². The number of nitrogens with one attached hydrogen (secondary N) is 1. The quantitative estimate of drug-likeness (QED) is 0.628. The van der Waals surface area contributed by atoms with Gasteiger partial charge in [-0.15, -0.1) is 11.3 Å². The molecular weight excluding hydrogens is 471 g/mol. The van der Waals surface area contributed by atoms with Crippen molar-refractivity contribution in [1.29, 1.82) is 0 Å². The van der Waals surface area contributed by atoms with Gasteiger partial charge in [-0.2, -0.15) is 21.6 Å². The van der Waals surface area contributed by atoms with Crippen LogP contribution in [-0.4, -0.2) is 44.7 Å². The van der Waals surface area contributed by atoms with Crippen LogP contribution in [0.3, 0.4) is 0 Å². The molecule has 1 aromatic heterocycles. The van der Waals surface area contributed by atoms with Crippen LogP contribution in [0.1, 0.15) is 12.8 Å². The molecule has 1 aliphatic heterocycles. The van der Waals surface area contributed by atoms with E-state index in [0.717, 1.165) is 54.8 Å². The summed E-state index contributed by atoms with van der Waals surface area (Å²) in [4.78, 5) is 18.5. The van der Waals surface area contributed by atoms with Gasteiger partial charge in [-0.1, -0.05) is 16.1 Å². The summed E-state index contributed by atoms with van der Waals surface area (Å²) in [5.74, 6) is -2.99. The van der Waals surface area contributed by atoms with Crippen molar-refractivity contribution in [3.63, 3.8) is 0 Å². The number of rotatable bonds is 6. The zero-order valence-electron chi connectivity index (χ0n) is 15.1. The van der Waals surface area contributed by atoms with Crippen LogP contribution in [0.25, 0.3) is 0 Å². The van der Waals surface area contributed by atoms with Gasteiger partial charge in [0, 0.05) is 5.38 Å². The average Bonchev–Trinajstić information content (AvgIpc) is 3.21. The second-order valence-electron chi connectivity index (χ2n) is 6.11. The fourth-order valence-corrected chi connectivity index (χ4v) is 4.64. The first-order chi connectivity index (χ1) is 14.1. The number of alkyl halides is 3. The van der Waals surface area contributed by atoms with E-state index in [1.54, 1.807) is 0 Å². The lowest BCUT2D eigenvalue weighted by molar-refractivity contribution is -0.199. The lowest BCUT2D eigenvalue weighted by atomic mass is 10.1. The van der Waals surface area contributed by atoms with Gasteiger partial charge in [0.05, 0.1) is 15.4 Å². The maximum atomic E-state index is 12.9. The maximum absolute atomic E-state index is 12.9. The minimum Gasteiger partial charge on any atom is -0.489 e. The number of anilines is 1. The second kappa shape index (κ2) is 8.96. The number of ether oxygens (including phenoxy) is 1. The van der Waals surface area contributed by atoms with Gasteiger partial charge in [-0.25, -0.2) is 9.78 Å². The number of thiazole rings is 1. The summed E-state index contributed by atoms with van der Waals surface area (Å²) in [5.41, 5.74) is 1.17. The zero-order chi connectivity index (χ0) is 21.9. The van der Waals surface area contributed by atoms with E-state index in [1.807, 2.05) is 0 Å². The number of halogens is 4. The largest absolute Gasteiger partial charge is 0.493 e. The SMILES string of the molecule is O=C(ON(c1cscn1)S(=O)(=O)c1ccc(OC2CCNCC2)c(Cl)c1)C(F)(F)F. The molecule has 1 fully saturated rings. The van der Waals surface area contributed by atoms with Crippen molar-refractivity contribution in [3.8, 4) is 5.75 Å². The van der Waals surface area contributed by atoms with Crippen LogP contribution in [-0.2, 0) is 19.7 Å². The van der Waals surface area contributed by atoms with Gasteiger partial charge in [-0.05, 0) is 44.1 Å². The van der Waals surface area contributed by atoms with E-state index in [9.17, 15) is 26.4 Å². The number of carbonyl (C=O) groups excluding carboxylic acids is 1. The number of nitrogens with zero attached hydrogens (tertiary/aromatic N) is 2. The molecule has 0 atom stereocenters. The molecule has 3 rings (SSSR count). The molecule has 1 aliphatic rings. The second-order valence-corrected chi connectivity index (χ2v) is 8.99. The van der Waals surface area contributed by atoms with Crippen molar-refractivity contribution in [1.82, 2.24) is 10.3 Å². The first-order valence-corrected chi connectivity index (χ1v) is 11.2. The molecule has 0 spiro atoms. The van der Waals surface area contributed by atoms with Crippen LogP contribution in [0.15, 0.2) is 34.0 Å². The molecule has 2 heterocycles. The first kappa shape index (κ1) is 22.6. The predicted octanol–water partition coefficient (Wildman–Crippen LogP) is 3.14. The van der Waals surface area contributed by atoms with E-state index in [2.05, 4.69) is 15.1 Å². The number of sulfonamides is 1. The van der Waals surface area contributed by atoms with Gasteiger partial charge >= 0.3 is 12.1 Å². The fraction of sp³-hybridized carbons (Fsp3) is 0.375. The van der Waals surface area contributed by atoms with Gasteiger partial charge in [0.15, 0.2) is 5.82 Å². The minimum absolute atomic E-state index is 0.0602. The number of piperidine rings is 1. The van der Waals surface area contributed by atoms with Crippen molar-refractivity contribution in [2.75, 3.05) is 17.6 Å². The highest BCUT2D eigenvalue weighted by atomic mass is 35.5. The van der Waals surface area contributed by atoms with Crippen molar-refractivity contribution < 1.29 is 36.0 Å². The predicted molar refractivity (Wildman–Crippen MR) is 102 cm³/mol. The molecule has 164 valence electrons. The molecule has 1 aromatic carbocycles. The summed E-state index contributed by atoms with van der Waals surface area (Å²) < 4.78 is 69.2. The van der Waals surface area contributed by atoms with Crippen LogP contribution in [0, 0.1) is 0 Å². The summed E-state index contributed by atoms with van der Waals surface area (Å²) in [6.07, 6.45) is -4.04. The Kier molecular flexibility index (Phi) is 6.75. The molecule has 0 radical (unpaired) electrons. The Morgan fingerprint density at radius 3 is 2.57 bits per heavy atom. The number of hydrogen-bond acceptors (Lipinski definition) is 8. The molecule has 1 N–H and O–H groups in total. The number of aromatic nitrogens is 1. The Hall–Kier alpha value is -2.09. The van der Waals surface area contributed by atoms with Crippen molar-refractivity contribution in [2.24, 2.45) is 0 Å². The summed E-state index contributed by atoms with van der Waals surface area (Å²) >= 11 is 7.04. The summed E-state index contributed by atoms with van der Waals surface area (Å²) in [7, 11) is -4.77. The Morgan fingerprint density at radius 1 is 1.30 bits per heavy atom. The van der Waals surface area contributed by atoms with E-state index in [1.165, 1.54) is 11.6 Å². The highest BCUT2D eigenvalue weighted by Crippen LogP contribution is 2.32. The normalized spacial score (nSPS) is 15.6. The average molecular weight is 486 g/mol. The molecule has 8 nitrogen and oxygen atoms in total. The van der Waals surface area contributed by atoms with Crippen LogP contribution in [0.2, 0.25) is 5.02 Å². The third-order valence-electron chi connectivity index (χ3n) is 4.00. The van der Waals surface area contributed by atoms with Gasteiger partial charge in [0.1, 0.15) is 11.9 Å². The third-order valence-corrected chi connectivity index (χ3v) is 6.42. The molecular formula is C16H15ClF3N3O5S2. The first-order valence-electron chi connectivity index (χ1n) is 8.48. The molecule has 0 amide bonds. The monoisotopic (exact) mass is 485 g/mol. The molecule has 0 unspecified atom stereocenters. The van der Waals surface area contributed by atoms with Gasteiger partial charge in [0.25, 0.3) is 10.0 Å². The summed E-state index contributed by atoms with van der Waals surface area (Å²) in [6, 6.07) is 3.40. The highest BCUT2D eigenvalue weighted by molar-refractivity contribution is 7.92. The topological polar surface area (TPSA) is 97.8 Å². The Morgan fingerprint density at radius 2 is 2.00 bits per heavy atom. The van der Waals surface area contributed by atoms with E-state index in [-0.39, 0.29) is 21.3 Å². The van der Waals surface area contributed by atoms with Gasteiger partial charge in [-0.3, -0.25) is 0 Å². The Balaban J connectivity index is 1.89. The molecule has 1 saturated heterocycles. The Bertz CT molecular complexity index is 996.